The Morgan fingerprint density at radius 1 is 1.14 bits per heavy atom. The van der Waals surface area contributed by atoms with E-state index in [1.165, 1.54) is 5.56 Å². The summed E-state index contributed by atoms with van der Waals surface area (Å²) in [6.45, 7) is 2.47. The number of nitriles is 1. The first-order valence-corrected chi connectivity index (χ1v) is 10.1. The Kier molecular flexibility index (Phi) is 6.98. The van der Waals surface area contributed by atoms with Crippen LogP contribution >= 0.6 is 27.5 Å². The van der Waals surface area contributed by atoms with Gasteiger partial charge in [0.1, 0.15) is 6.61 Å². The molecule has 5 heteroatoms. The van der Waals surface area contributed by atoms with Crippen molar-refractivity contribution in [2.24, 2.45) is 0 Å². The van der Waals surface area contributed by atoms with E-state index in [9.17, 15) is 5.26 Å². The minimum absolute atomic E-state index is 0.425. The average Bonchev–Trinajstić information content (AvgIpc) is 2.71. The van der Waals surface area contributed by atoms with Crippen LogP contribution in [0.4, 0.5) is 0 Å². The van der Waals surface area contributed by atoms with E-state index in [2.05, 4.69) is 28.1 Å². The Morgan fingerprint density at radius 3 is 2.62 bits per heavy atom. The van der Waals surface area contributed by atoms with Crippen LogP contribution in [0.3, 0.4) is 0 Å². The smallest absolute Gasteiger partial charge is 0.175 e. The lowest BCUT2D eigenvalue weighted by molar-refractivity contribution is 0.282. The molecule has 0 aliphatic heterocycles. The maximum Gasteiger partial charge on any atom is 0.175 e. The number of rotatable bonds is 6. The van der Waals surface area contributed by atoms with Gasteiger partial charge in [-0.15, -0.1) is 0 Å². The number of aryl methyl sites for hydroxylation is 1. The molecule has 0 aliphatic rings. The van der Waals surface area contributed by atoms with Gasteiger partial charge in [-0.25, -0.2) is 0 Å². The molecule has 0 saturated carbocycles. The molecule has 0 spiro atoms. The predicted molar refractivity (Wildman–Crippen MR) is 121 cm³/mol. The van der Waals surface area contributed by atoms with Crippen molar-refractivity contribution in [3.8, 4) is 17.6 Å². The Morgan fingerprint density at radius 2 is 1.93 bits per heavy atom. The van der Waals surface area contributed by atoms with Crippen molar-refractivity contribution in [3.05, 3.63) is 92.4 Å². The van der Waals surface area contributed by atoms with Crippen LogP contribution in [0.1, 0.15) is 22.3 Å². The molecule has 3 aromatic carbocycles. The molecule has 3 nitrogen and oxygen atoms in total. The lowest BCUT2D eigenvalue weighted by Crippen LogP contribution is -1.99. The van der Waals surface area contributed by atoms with Crippen molar-refractivity contribution in [1.82, 2.24) is 0 Å². The Labute approximate surface area is 184 Å². The third-order valence-corrected chi connectivity index (χ3v) is 5.23. The summed E-state index contributed by atoms with van der Waals surface area (Å²) in [5, 5.41) is 10.1. The zero-order valence-corrected chi connectivity index (χ0v) is 18.4. The molecule has 0 N–H and O–H groups in total. The van der Waals surface area contributed by atoms with E-state index in [1.54, 1.807) is 19.3 Å². The van der Waals surface area contributed by atoms with E-state index in [1.807, 2.05) is 55.5 Å². The molecule has 0 bridgehead atoms. The lowest BCUT2D eigenvalue weighted by Gasteiger charge is -2.14. The third-order valence-electron chi connectivity index (χ3n) is 4.31. The standard InChI is InChI=1S/C24H19BrClNO2/c1-16-6-5-7-17(10-16)15-29-24-21(25)12-18(13-23(24)28-2)11-19(14-27)20-8-3-4-9-22(20)26/h3-13H,15H2,1-2H3. The van der Waals surface area contributed by atoms with Crippen molar-refractivity contribution in [2.75, 3.05) is 7.11 Å². The third kappa shape index (κ3) is 5.20. The fourth-order valence-corrected chi connectivity index (χ4v) is 3.75. The second kappa shape index (κ2) is 9.65. The summed E-state index contributed by atoms with van der Waals surface area (Å²) in [5.41, 5.74) is 4.22. The zero-order valence-electron chi connectivity index (χ0n) is 16.1. The summed E-state index contributed by atoms with van der Waals surface area (Å²) >= 11 is 9.81. The number of nitrogens with zero attached hydrogens (tertiary/aromatic N) is 1. The van der Waals surface area contributed by atoms with Gasteiger partial charge in [-0.2, -0.15) is 5.26 Å². The predicted octanol–water partition coefficient (Wildman–Crippen LogP) is 7.06. The van der Waals surface area contributed by atoms with Crippen molar-refractivity contribution in [3.63, 3.8) is 0 Å². The molecular formula is C24H19BrClNO2. The second-order valence-corrected chi connectivity index (χ2v) is 7.72. The molecule has 0 saturated heterocycles. The summed E-state index contributed by atoms with van der Waals surface area (Å²) in [4.78, 5) is 0. The van der Waals surface area contributed by atoms with Gasteiger partial charge in [-0.1, -0.05) is 59.6 Å². The summed E-state index contributed by atoms with van der Waals surface area (Å²) in [7, 11) is 1.59. The Balaban J connectivity index is 1.92. The molecule has 0 heterocycles. The van der Waals surface area contributed by atoms with Crippen LogP contribution in [0.5, 0.6) is 11.5 Å². The van der Waals surface area contributed by atoms with E-state index < -0.39 is 0 Å². The van der Waals surface area contributed by atoms with Crippen molar-refractivity contribution < 1.29 is 9.47 Å². The fraction of sp³-hybridized carbons (Fsp3) is 0.125. The number of ether oxygens (including phenoxy) is 2. The van der Waals surface area contributed by atoms with Crippen LogP contribution < -0.4 is 9.47 Å². The van der Waals surface area contributed by atoms with Gasteiger partial charge >= 0.3 is 0 Å². The number of halogens is 2. The summed E-state index contributed by atoms with van der Waals surface area (Å²) in [6, 6.07) is 21.4. The topological polar surface area (TPSA) is 42.2 Å². The zero-order chi connectivity index (χ0) is 20.8. The molecule has 0 aromatic heterocycles. The van der Waals surface area contributed by atoms with E-state index in [-0.39, 0.29) is 0 Å². The van der Waals surface area contributed by atoms with Gasteiger partial charge in [-0.3, -0.25) is 0 Å². The first-order chi connectivity index (χ1) is 14.0. The van der Waals surface area contributed by atoms with Gasteiger partial charge in [-0.05, 0) is 58.3 Å². The molecule has 146 valence electrons. The monoisotopic (exact) mass is 467 g/mol. The normalized spacial score (nSPS) is 11.1. The van der Waals surface area contributed by atoms with E-state index >= 15 is 0 Å². The molecule has 3 rings (SSSR count). The van der Waals surface area contributed by atoms with E-state index in [4.69, 9.17) is 21.1 Å². The Hall–Kier alpha value is -2.74. The van der Waals surface area contributed by atoms with Crippen LogP contribution in [-0.2, 0) is 6.61 Å². The highest BCUT2D eigenvalue weighted by Gasteiger charge is 2.13. The minimum atomic E-state index is 0.425. The van der Waals surface area contributed by atoms with Gasteiger partial charge in [0.05, 0.1) is 23.2 Å². The van der Waals surface area contributed by atoms with E-state index in [0.29, 0.717) is 34.3 Å². The first kappa shape index (κ1) is 21.0. The molecule has 0 fully saturated rings. The second-order valence-electron chi connectivity index (χ2n) is 6.46. The summed E-state index contributed by atoms with van der Waals surface area (Å²) in [6.07, 6.45) is 1.78. The van der Waals surface area contributed by atoms with Gasteiger partial charge < -0.3 is 9.47 Å². The number of hydrogen-bond donors (Lipinski definition) is 0. The molecule has 0 amide bonds. The first-order valence-electron chi connectivity index (χ1n) is 8.94. The van der Waals surface area contributed by atoms with Crippen molar-refractivity contribution >= 4 is 39.2 Å². The van der Waals surface area contributed by atoms with Crippen molar-refractivity contribution in [2.45, 2.75) is 13.5 Å². The van der Waals surface area contributed by atoms with Crippen LogP contribution in [0.2, 0.25) is 5.02 Å². The minimum Gasteiger partial charge on any atom is -0.493 e. The van der Waals surface area contributed by atoms with Gasteiger partial charge in [0.2, 0.25) is 0 Å². The molecule has 29 heavy (non-hydrogen) atoms. The largest absolute Gasteiger partial charge is 0.493 e. The maximum absolute atomic E-state index is 9.60. The molecule has 0 radical (unpaired) electrons. The number of benzene rings is 3. The highest BCUT2D eigenvalue weighted by molar-refractivity contribution is 9.10. The number of methoxy groups -OCH3 is 1. The fourth-order valence-electron chi connectivity index (χ4n) is 2.94. The van der Waals surface area contributed by atoms with Crippen LogP contribution in [0, 0.1) is 18.3 Å². The molecule has 0 aliphatic carbocycles. The highest BCUT2D eigenvalue weighted by atomic mass is 79.9. The number of hydrogen-bond acceptors (Lipinski definition) is 3. The van der Waals surface area contributed by atoms with Crippen LogP contribution in [-0.4, -0.2) is 7.11 Å². The Bertz CT molecular complexity index is 1100. The van der Waals surface area contributed by atoms with Gasteiger partial charge in [0.15, 0.2) is 11.5 Å². The van der Waals surface area contributed by atoms with Crippen LogP contribution in [0.25, 0.3) is 11.6 Å². The molecule has 0 atom stereocenters. The van der Waals surface area contributed by atoms with Gasteiger partial charge in [0.25, 0.3) is 0 Å². The van der Waals surface area contributed by atoms with Crippen molar-refractivity contribution in [1.29, 1.82) is 5.26 Å². The summed E-state index contributed by atoms with van der Waals surface area (Å²) < 4.78 is 12.3. The SMILES string of the molecule is COc1cc(C=C(C#N)c2ccccc2Cl)cc(Br)c1OCc1cccc(C)c1. The molecule has 3 aromatic rings. The van der Waals surface area contributed by atoms with E-state index in [0.717, 1.165) is 15.6 Å². The van der Waals surface area contributed by atoms with Gasteiger partial charge in [0, 0.05) is 10.6 Å². The molecule has 0 unspecified atom stereocenters. The quantitative estimate of drug-likeness (QED) is 0.287. The summed E-state index contributed by atoms with van der Waals surface area (Å²) in [5.74, 6) is 1.19. The number of allylic oxidation sites excluding steroid dienone is 1. The maximum atomic E-state index is 9.60. The van der Waals surface area contributed by atoms with Crippen LogP contribution in [0.15, 0.2) is 65.1 Å². The average molecular weight is 469 g/mol. The molecular weight excluding hydrogens is 450 g/mol. The lowest BCUT2D eigenvalue weighted by atomic mass is 10.0. The highest BCUT2D eigenvalue weighted by Crippen LogP contribution is 2.38.